The third-order valence-electron chi connectivity index (χ3n) is 1.90. The van der Waals surface area contributed by atoms with Crippen molar-refractivity contribution in [1.29, 1.82) is 0 Å². The molecule has 0 aliphatic rings. The first-order valence-electron chi connectivity index (χ1n) is 3.95. The van der Waals surface area contributed by atoms with Gasteiger partial charge in [0.1, 0.15) is 0 Å². The van der Waals surface area contributed by atoms with E-state index in [1.165, 1.54) is 0 Å². The molecular formula is C10H6BrNO2. The van der Waals surface area contributed by atoms with E-state index in [-0.39, 0.29) is 5.56 Å². The highest BCUT2D eigenvalue weighted by Gasteiger charge is 2.03. The van der Waals surface area contributed by atoms with Gasteiger partial charge in [0.2, 0.25) is 0 Å². The van der Waals surface area contributed by atoms with Crippen LogP contribution in [-0.4, -0.2) is 16.1 Å². The Kier molecular flexibility index (Phi) is 2.21. The van der Waals surface area contributed by atoms with Gasteiger partial charge in [-0.2, -0.15) is 0 Å². The summed E-state index contributed by atoms with van der Waals surface area (Å²) in [4.78, 5) is 14.8. The van der Waals surface area contributed by atoms with Crippen LogP contribution >= 0.6 is 15.9 Å². The molecule has 0 saturated carbocycles. The smallest absolute Gasteiger partial charge is 0.335 e. The average Bonchev–Trinajstić information content (AvgIpc) is 2.16. The van der Waals surface area contributed by atoms with E-state index in [0.29, 0.717) is 5.52 Å². The lowest BCUT2D eigenvalue weighted by molar-refractivity contribution is 0.0697. The number of hydrogen-bond acceptors (Lipinski definition) is 2. The average molecular weight is 252 g/mol. The fraction of sp³-hybridized carbons (Fsp3) is 0. The lowest BCUT2D eigenvalue weighted by atomic mass is 10.1. The zero-order valence-corrected chi connectivity index (χ0v) is 8.65. The van der Waals surface area contributed by atoms with Crippen molar-refractivity contribution in [3.05, 3.63) is 40.5 Å². The minimum Gasteiger partial charge on any atom is -0.478 e. The van der Waals surface area contributed by atoms with Crippen molar-refractivity contribution < 1.29 is 9.90 Å². The summed E-state index contributed by atoms with van der Waals surface area (Å²) in [7, 11) is 0. The van der Waals surface area contributed by atoms with Gasteiger partial charge in [-0.25, -0.2) is 4.79 Å². The summed E-state index contributed by atoms with van der Waals surface area (Å²) < 4.78 is 0.882. The molecule has 0 unspecified atom stereocenters. The molecule has 1 aromatic heterocycles. The van der Waals surface area contributed by atoms with Gasteiger partial charge in [0.25, 0.3) is 0 Å². The number of fused-ring (bicyclic) bond motifs is 1. The summed E-state index contributed by atoms with van der Waals surface area (Å²) in [5.74, 6) is -0.934. The van der Waals surface area contributed by atoms with Crippen LogP contribution in [0, 0.1) is 0 Å². The van der Waals surface area contributed by atoms with Crippen LogP contribution in [0.4, 0.5) is 0 Å². The number of carbonyl (C=O) groups is 1. The molecule has 0 aliphatic carbocycles. The highest BCUT2D eigenvalue weighted by Crippen LogP contribution is 2.18. The maximum absolute atomic E-state index is 10.7. The van der Waals surface area contributed by atoms with Gasteiger partial charge in [-0.05, 0) is 34.1 Å². The monoisotopic (exact) mass is 251 g/mol. The maximum atomic E-state index is 10.7. The van der Waals surface area contributed by atoms with Gasteiger partial charge in [-0.3, -0.25) is 4.98 Å². The van der Waals surface area contributed by atoms with E-state index < -0.39 is 5.97 Å². The first kappa shape index (κ1) is 9.15. The zero-order chi connectivity index (χ0) is 10.1. The van der Waals surface area contributed by atoms with Gasteiger partial charge in [-0.15, -0.1) is 0 Å². The second kappa shape index (κ2) is 3.38. The van der Waals surface area contributed by atoms with E-state index in [4.69, 9.17) is 5.11 Å². The van der Waals surface area contributed by atoms with Gasteiger partial charge in [-0.1, -0.05) is 6.07 Å². The molecule has 0 atom stereocenters. The predicted molar refractivity (Wildman–Crippen MR) is 56.4 cm³/mol. The highest BCUT2D eigenvalue weighted by atomic mass is 79.9. The highest BCUT2D eigenvalue weighted by molar-refractivity contribution is 9.10. The lowest BCUT2D eigenvalue weighted by Crippen LogP contribution is -1.95. The van der Waals surface area contributed by atoms with Crippen LogP contribution in [-0.2, 0) is 0 Å². The Morgan fingerprint density at radius 3 is 2.86 bits per heavy atom. The molecule has 0 amide bonds. The molecule has 3 nitrogen and oxygen atoms in total. The fourth-order valence-corrected chi connectivity index (χ4v) is 1.58. The topological polar surface area (TPSA) is 50.2 Å². The molecule has 0 aliphatic heterocycles. The van der Waals surface area contributed by atoms with Crippen LogP contribution in [0.25, 0.3) is 10.9 Å². The third kappa shape index (κ3) is 1.61. The zero-order valence-electron chi connectivity index (χ0n) is 7.07. The van der Waals surface area contributed by atoms with E-state index in [9.17, 15) is 4.79 Å². The Morgan fingerprint density at radius 1 is 1.36 bits per heavy atom. The van der Waals surface area contributed by atoms with Gasteiger partial charge < -0.3 is 5.11 Å². The number of rotatable bonds is 1. The number of aromatic carboxylic acids is 1. The molecule has 1 aromatic carbocycles. The Morgan fingerprint density at radius 2 is 2.14 bits per heavy atom. The van der Waals surface area contributed by atoms with E-state index >= 15 is 0 Å². The van der Waals surface area contributed by atoms with Crippen LogP contribution in [0.15, 0.2) is 34.9 Å². The molecule has 1 heterocycles. The Hall–Kier alpha value is -1.42. The molecule has 1 N–H and O–H groups in total. The van der Waals surface area contributed by atoms with Crippen LogP contribution in [0.3, 0.4) is 0 Å². The van der Waals surface area contributed by atoms with Crippen molar-refractivity contribution in [2.75, 3.05) is 0 Å². The summed E-state index contributed by atoms with van der Waals surface area (Å²) in [6.07, 6.45) is 1.65. The van der Waals surface area contributed by atoms with E-state index in [1.54, 1.807) is 24.4 Å². The first-order chi connectivity index (χ1) is 6.66. The minimum absolute atomic E-state index is 0.257. The van der Waals surface area contributed by atoms with Crippen LogP contribution in [0.5, 0.6) is 0 Å². The second-order valence-corrected chi connectivity index (χ2v) is 3.78. The standard InChI is InChI=1S/C10H6BrNO2/c11-8-3-6-1-2-7(10(13)14)4-9(6)12-5-8/h1-5H,(H,13,14). The van der Waals surface area contributed by atoms with Crippen molar-refractivity contribution in [1.82, 2.24) is 4.98 Å². The molecule has 0 radical (unpaired) electrons. The molecule has 0 bridgehead atoms. The van der Waals surface area contributed by atoms with Crippen molar-refractivity contribution in [3.63, 3.8) is 0 Å². The van der Waals surface area contributed by atoms with Gasteiger partial charge in [0.05, 0.1) is 11.1 Å². The molecular weight excluding hydrogens is 246 g/mol. The van der Waals surface area contributed by atoms with E-state index in [2.05, 4.69) is 20.9 Å². The SMILES string of the molecule is O=C(O)c1ccc2cc(Br)cnc2c1. The number of pyridine rings is 1. The third-order valence-corrected chi connectivity index (χ3v) is 2.33. The number of carboxylic acids is 1. The van der Waals surface area contributed by atoms with Gasteiger partial charge >= 0.3 is 5.97 Å². The minimum atomic E-state index is -0.934. The number of halogens is 1. The summed E-state index contributed by atoms with van der Waals surface area (Å²) in [6, 6.07) is 6.77. The predicted octanol–water partition coefficient (Wildman–Crippen LogP) is 2.70. The van der Waals surface area contributed by atoms with E-state index in [1.807, 2.05) is 6.07 Å². The molecule has 2 aromatic rings. The van der Waals surface area contributed by atoms with Gasteiger partial charge in [0, 0.05) is 16.1 Å². The Labute approximate surface area is 88.5 Å². The summed E-state index contributed by atoms with van der Waals surface area (Å²) >= 11 is 3.30. The number of benzene rings is 1. The van der Waals surface area contributed by atoms with Crippen molar-refractivity contribution in [2.24, 2.45) is 0 Å². The Bertz CT molecular complexity index is 510. The van der Waals surface area contributed by atoms with Gasteiger partial charge in [0.15, 0.2) is 0 Å². The quantitative estimate of drug-likeness (QED) is 0.848. The number of nitrogens with zero attached hydrogens (tertiary/aromatic N) is 1. The largest absolute Gasteiger partial charge is 0.478 e. The summed E-state index contributed by atoms with van der Waals surface area (Å²) in [6.45, 7) is 0. The fourth-order valence-electron chi connectivity index (χ4n) is 1.23. The molecule has 4 heteroatoms. The first-order valence-corrected chi connectivity index (χ1v) is 4.75. The van der Waals surface area contributed by atoms with Crippen LogP contribution in [0.2, 0.25) is 0 Å². The lowest BCUT2D eigenvalue weighted by Gasteiger charge is -1.99. The molecule has 14 heavy (non-hydrogen) atoms. The van der Waals surface area contributed by atoms with Crippen molar-refractivity contribution in [2.45, 2.75) is 0 Å². The number of carboxylic acid groups (broad SMARTS) is 1. The van der Waals surface area contributed by atoms with E-state index in [0.717, 1.165) is 9.86 Å². The van der Waals surface area contributed by atoms with Crippen molar-refractivity contribution in [3.8, 4) is 0 Å². The molecule has 0 fully saturated rings. The van der Waals surface area contributed by atoms with Crippen molar-refractivity contribution >= 4 is 32.8 Å². The summed E-state index contributed by atoms with van der Waals surface area (Å²) in [5.41, 5.74) is 0.945. The second-order valence-electron chi connectivity index (χ2n) is 2.87. The molecule has 0 saturated heterocycles. The Balaban J connectivity index is 2.67. The molecule has 0 spiro atoms. The normalized spacial score (nSPS) is 10.4. The number of aromatic nitrogens is 1. The summed E-state index contributed by atoms with van der Waals surface area (Å²) in [5, 5.41) is 9.68. The molecule has 70 valence electrons. The molecule has 2 rings (SSSR count). The van der Waals surface area contributed by atoms with Crippen LogP contribution < -0.4 is 0 Å². The van der Waals surface area contributed by atoms with Crippen LogP contribution in [0.1, 0.15) is 10.4 Å². The maximum Gasteiger partial charge on any atom is 0.335 e. The number of hydrogen-bond donors (Lipinski definition) is 1.